The molecule has 1 aromatic rings. The Balaban J connectivity index is 2.35. The van der Waals surface area contributed by atoms with Gasteiger partial charge in [-0.3, -0.25) is 0 Å². The summed E-state index contributed by atoms with van der Waals surface area (Å²) in [6.07, 6.45) is 0.552. The van der Waals surface area contributed by atoms with Crippen LogP contribution in [-0.4, -0.2) is 17.8 Å². The molecule has 15 heavy (non-hydrogen) atoms. The van der Waals surface area contributed by atoms with Crippen LogP contribution >= 0.6 is 11.6 Å². The minimum absolute atomic E-state index is 0.232. The number of aliphatic hydroxyl groups is 1. The Labute approximate surface area is 96.3 Å². The van der Waals surface area contributed by atoms with Crippen molar-refractivity contribution in [2.45, 2.75) is 32.9 Å². The van der Waals surface area contributed by atoms with E-state index < -0.39 is 0 Å². The van der Waals surface area contributed by atoms with Crippen molar-refractivity contribution in [1.82, 2.24) is 5.32 Å². The molecule has 0 aliphatic carbocycles. The Bertz CT molecular complexity index is 312. The topological polar surface area (TPSA) is 32.3 Å². The van der Waals surface area contributed by atoms with E-state index in [4.69, 9.17) is 16.7 Å². The number of hydrogen-bond donors (Lipinski definition) is 2. The molecular weight excluding hydrogens is 210 g/mol. The summed E-state index contributed by atoms with van der Waals surface area (Å²) in [5.41, 5.74) is 2.33. The molecule has 0 radical (unpaired) electrons. The van der Waals surface area contributed by atoms with Crippen LogP contribution in [0.5, 0.6) is 0 Å². The van der Waals surface area contributed by atoms with E-state index in [0.717, 1.165) is 30.1 Å². The van der Waals surface area contributed by atoms with Gasteiger partial charge in [-0.2, -0.15) is 0 Å². The lowest BCUT2D eigenvalue weighted by molar-refractivity contribution is 0.183. The van der Waals surface area contributed by atoms with Gasteiger partial charge in [0.05, 0.1) is 6.10 Å². The van der Waals surface area contributed by atoms with Crippen LogP contribution in [0.25, 0.3) is 0 Å². The number of hydrogen-bond acceptors (Lipinski definition) is 2. The average molecular weight is 228 g/mol. The van der Waals surface area contributed by atoms with Crippen molar-refractivity contribution in [3.05, 3.63) is 34.3 Å². The fourth-order valence-corrected chi connectivity index (χ4v) is 1.48. The van der Waals surface area contributed by atoms with Gasteiger partial charge in [0.15, 0.2) is 0 Å². The van der Waals surface area contributed by atoms with Gasteiger partial charge in [-0.05, 0) is 44.0 Å². The summed E-state index contributed by atoms with van der Waals surface area (Å²) < 4.78 is 0. The third kappa shape index (κ3) is 4.65. The van der Waals surface area contributed by atoms with E-state index in [1.54, 1.807) is 6.92 Å². The van der Waals surface area contributed by atoms with Gasteiger partial charge in [0.25, 0.3) is 0 Å². The van der Waals surface area contributed by atoms with Gasteiger partial charge in [-0.15, -0.1) is 0 Å². The van der Waals surface area contributed by atoms with Crippen LogP contribution in [0.1, 0.15) is 24.5 Å². The van der Waals surface area contributed by atoms with Crippen LogP contribution in [0.4, 0.5) is 0 Å². The molecule has 0 spiro atoms. The largest absolute Gasteiger partial charge is 0.393 e. The molecule has 3 heteroatoms. The molecule has 1 rings (SSSR count). The highest BCUT2D eigenvalue weighted by Crippen LogP contribution is 2.15. The lowest BCUT2D eigenvalue weighted by Crippen LogP contribution is -2.18. The number of benzene rings is 1. The van der Waals surface area contributed by atoms with E-state index >= 15 is 0 Å². The fourth-order valence-electron chi connectivity index (χ4n) is 1.36. The highest BCUT2D eigenvalue weighted by atomic mass is 35.5. The van der Waals surface area contributed by atoms with Crippen LogP contribution in [0.15, 0.2) is 18.2 Å². The lowest BCUT2D eigenvalue weighted by Gasteiger charge is -2.07. The molecule has 0 bridgehead atoms. The zero-order valence-corrected chi connectivity index (χ0v) is 10.0. The minimum Gasteiger partial charge on any atom is -0.393 e. The quantitative estimate of drug-likeness (QED) is 0.758. The highest BCUT2D eigenvalue weighted by Gasteiger charge is 1.98. The molecule has 0 amide bonds. The van der Waals surface area contributed by atoms with Crippen LogP contribution in [0, 0.1) is 6.92 Å². The fraction of sp³-hybridized carbons (Fsp3) is 0.500. The normalized spacial score (nSPS) is 12.8. The van der Waals surface area contributed by atoms with Gasteiger partial charge in [-0.1, -0.05) is 23.7 Å². The molecule has 0 saturated carbocycles. The minimum atomic E-state index is -0.232. The number of halogens is 1. The number of aliphatic hydroxyl groups excluding tert-OH is 1. The molecule has 0 saturated heterocycles. The van der Waals surface area contributed by atoms with E-state index in [0.29, 0.717) is 0 Å². The van der Waals surface area contributed by atoms with Gasteiger partial charge in [0.1, 0.15) is 0 Å². The number of nitrogens with one attached hydrogen (secondary N) is 1. The third-order valence-corrected chi connectivity index (χ3v) is 2.71. The Morgan fingerprint density at radius 1 is 1.47 bits per heavy atom. The van der Waals surface area contributed by atoms with Crippen molar-refractivity contribution in [3.8, 4) is 0 Å². The predicted molar refractivity (Wildman–Crippen MR) is 64.2 cm³/mol. The molecule has 0 aromatic heterocycles. The summed E-state index contributed by atoms with van der Waals surface area (Å²) in [6, 6.07) is 6.02. The summed E-state index contributed by atoms with van der Waals surface area (Å²) in [6.45, 7) is 5.46. The van der Waals surface area contributed by atoms with Crippen LogP contribution in [-0.2, 0) is 6.54 Å². The maximum atomic E-state index is 9.07. The van der Waals surface area contributed by atoms with E-state index in [-0.39, 0.29) is 6.10 Å². The van der Waals surface area contributed by atoms with Crippen molar-refractivity contribution in [3.63, 3.8) is 0 Å². The zero-order valence-electron chi connectivity index (χ0n) is 9.26. The predicted octanol–water partition coefficient (Wildman–Crippen LogP) is 2.51. The lowest BCUT2D eigenvalue weighted by atomic mass is 10.1. The Hall–Kier alpha value is -0.570. The number of aryl methyl sites for hydroxylation is 1. The molecule has 2 nitrogen and oxygen atoms in total. The standard InChI is InChI=1S/C12H18ClNO/c1-9-7-11(3-4-12(9)13)8-14-6-5-10(2)15/h3-4,7,10,14-15H,5-6,8H2,1-2H3. The molecule has 0 heterocycles. The average Bonchev–Trinajstić information content (AvgIpc) is 2.18. The van der Waals surface area contributed by atoms with Gasteiger partial charge in [-0.25, -0.2) is 0 Å². The van der Waals surface area contributed by atoms with Crippen molar-refractivity contribution >= 4 is 11.6 Å². The first-order valence-electron chi connectivity index (χ1n) is 5.23. The van der Waals surface area contributed by atoms with E-state index in [9.17, 15) is 0 Å². The molecule has 1 unspecified atom stereocenters. The summed E-state index contributed by atoms with van der Waals surface area (Å²) in [5.74, 6) is 0. The van der Waals surface area contributed by atoms with Crippen molar-refractivity contribution in [2.24, 2.45) is 0 Å². The molecule has 0 fully saturated rings. The summed E-state index contributed by atoms with van der Waals surface area (Å²) in [4.78, 5) is 0. The van der Waals surface area contributed by atoms with Crippen molar-refractivity contribution in [1.29, 1.82) is 0 Å². The Morgan fingerprint density at radius 3 is 2.80 bits per heavy atom. The highest BCUT2D eigenvalue weighted by molar-refractivity contribution is 6.31. The SMILES string of the molecule is Cc1cc(CNCCC(C)O)ccc1Cl. The second-order valence-electron chi connectivity index (χ2n) is 3.90. The molecule has 0 aliphatic heterocycles. The maximum absolute atomic E-state index is 9.07. The van der Waals surface area contributed by atoms with E-state index in [2.05, 4.69) is 11.4 Å². The molecule has 2 N–H and O–H groups in total. The molecule has 0 aliphatic rings. The molecule has 1 aromatic carbocycles. The maximum Gasteiger partial charge on any atom is 0.0524 e. The first-order valence-corrected chi connectivity index (χ1v) is 5.61. The first-order chi connectivity index (χ1) is 7.09. The van der Waals surface area contributed by atoms with Crippen LogP contribution < -0.4 is 5.32 Å². The second kappa shape index (κ2) is 6.11. The monoisotopic (exact) mass is 227 g/mol. The van der Waals surface area contributed by atoms with Crippen molar-refractivity contribution in [2.75, 3.05) is 6.54 Å². The van der Waals surface area contributed by atoms with E-state index in [1.165, 1.54) is 5.56 Å². The van der Waals surface area contributed by atoms with Gasteiger partial charge in [0, 0.05) is 11.6 Å². The zero-order chi connectivity index (χ0) is 11.3. The molecular formula is C12H18ClNO. The van der Waals surface area contributed by atoms with Crippen LogP contribution in [0.2, 0.25) is 5.02 Å². The molecule has 1 atom stereocenters. The summed E-state index contributed by atoms with van der Waals surface area (Å²) >= 11 is 5.93. The Morgan fingerprint density at radius 2 is 2.20 bits per heavy atom. The third-order valence-electron chi connectivity index (χ3n) is 2.29. The second-order valence-corrected chi connectivity index (χ2v) is 4.31. The van der Waals surface area contributed by atoms with Crippen LogP contribution in [0.3, 0.4) is 0 Å². The van der Waals surface area contributed by atoms with Gasteiger partial charge in [0.2, 0.25) is 0 Å². The summed E-state index contributed by atoms with van der Waals surface area (Å²) in [5, 5.41) is 13.2. The first kappa shape index (κ1) is 12.5. The summed E-state index contributed by atoms with van der Waals surface area (Å²) in [7, 11) is 0. The molecule has 84 valence electrons. The van der Waals surface area contributed by atoms with Crippen molar-refractivity contribution < 1.29 is 5.11 Å². The smallest absolute Gasteiger partial charge is 0.0524 e. The van der Waals surface area contributed by atoms with Gasteiger partial charge < -0.3 is 10.4 Å². The van der Waals surface area contributed by atoms with E-state index in [1.807, 2.05) is 19.1 Å². The number of rotatable bonds is 5. The Kier molecular flexibility index (Phi) is 5.09. The van der Waals surface area contributed by atoms with Gasteiger partial charge >= 0.3 is 0 Å².